The predicted octanol–water partition coefficient (Wildman–Crippen LogP) is 4.39. The second-order valence-electron chi connectivity index (χ2n) is 6.30. The fraction of sp³-hybridized carbons (Fsp3) is 0.368. The summed E-state index contributed by atoms with van der Waals surface area (Å²) in [5, 5.41) is 1.26. The standard InChI is InChI=1S/C19H21N3S/c1-14-3-2-11-22(14)12-8-19-21-17-5-4-16(13-18(17)23-19)15-6-9-20-10-7-15/h4-7,9-10,13-14H,2-3,8,11-12H2,1H3. The largest absolute Gasteiger partial charge is 0.300 e. The molecule has 0 aliphatic carbocycles. The highest BCUT2D eigenvalue weighted by atomic mass is 32.1. The SMILES string of the molecule is CC1CCCN1CCc1nc2ccc(-c3ccncc3)cc2s1. The molecule has 23 heavy (non-hydrogen) atoms. The second kappa shape index (κ2) is 6.38. The smallest absolute Gasteiger partial charge is 0.0951 e. The van der Waals surface area contributed by atoms with Crippen molar-refractivity contribution in [1.82, 2.24) is 14.9 Å². The lowest BCUT2D eigenvalue weighted by atomic mass is 10.1. The van der Waals surface area contributed by atoms with Crippen molar-refractivity contribution in [2.45, 2.75) is 32.2 Å². The molecule has 1 unspecified atom stereocenters. The fourth-order valence-electron chi connectivity index (χ4n) is 3.37. The van der Waals surface area contributed by atoms with Gasteiger partial charge in [0.05, 0.1) is 15.2 Å². The first-order chi connectivity index (χ1) is 11.3. The Hall–Kier alpha value is -1.78. The number of fused-ring (bicyclic) bond motifs is 1. The van der Waals surface area contributed by atoms with Crippen LogP contribution in [0.3, 0.4) is 0 Å². The van der Waals surface area contributed by atoms with Gasteiger partial charge in [0.1, 0.15) is 0 Å². The highest BCUT2D eigenvalue weighted by Crippen LogP contribution is 2.28. The van der Waals surface area contributed by atoms with Crippen molar-refractivity contribution in [3.05, 3.63) is 47.7 Å². The Bertz CT molecular complexity index is 797. The Labute approximate surface area is 141 Å². The van der Waals surface area contributed by atoms with Gasteiger partial charge in [-0.15, -0.1) is 11.3 Å². The third-order valence-electron chi connectivity index (χ3n) is 4.75. The van der Waals surface area contributed by atoms with Gasteiger partial charge in [-0.05, 0) is 61.7 Å². The van der Waals surface area contributed by atoms with Crippen LogP contribution in [0.25, 0.3) is 21.3 Å². The molecule has 4 heteroatoms. The maximum atomic E-state index is 4.81. The van der Waals surface area contributed by atoms with Gasteiger partial charge in [0.2, 0.25) is 0 Å². The highest BCUT2D eigenvalue weighted by Gasteiger charge is 2.20. The molecular formula is C19H21N3S. The first kappa shape index (κ1) is 14.8. The summed E-state index contributed by atoms with van der Waals surface area (Å²) in [5.74, 6) is 0. The number of benzene rings is 1. The average molecular weight is 323 g/mol. The van der Waals surface area contributed by atoms with Gasteiger partial charge in [-0.3, -0.25) is 4.98 Å². The van der Waals surface area contributed by atoms with E-state index in [2.05, 4.69) is 47.1 Å². The molecule has 118 valence electrons. The van der Waals surface area contributed by atoms with Gasteiger partial charge >= 0.3 is 0 Å². The van der Waals surface area contributed by atoms with Crippen LogP contribution in [0.1, 0.15) is 24.8 Å². The third-order valence-corrected chi connectivity index (χ3v) is 5.83. The second-order valence-corrected chi connectivity index (χ2v) is 7.42. The molecule has 1 aliphatic rings. The quantitative estimate of drug-likeness (QED) is 0.713. The van der Waals surface area contributed by atoms with E-state index < -0.39 is 0 Å². The molecule has 1 saturated heterocycles. The van der Waals surface area contributed by atoms with Crippen LogP contribution in [-0.2, 0) is 6.42 Å². The molecular weight excluding hydrogens is 302 g/mol. The summed E-state index contributed by atoms with van der Waals surface area (Å²) in [4.78, 5) is 11.5. The Morgan fingerprint density at radius 3 is 2.83 bits per heavy atom. The van der Waals surface area contributed by atoms with Crippen molar-refractivity contribution in [3.8, 4) is 11.1 Å². The van der Waals surface area contributed by atoms with E-state index in [9.17, 15) is 0 Å². The average Bonchev–Trinajstić information content (AvgIpc) is 3.18. The number of thiazole rings is 1. The molecule has 0 spiro atoms. The van der Waals surface area contributed by atoms with E-state index in [4.69, 9.17) is 4.98 Å². The van der Waals surface area contributed by atoms with Gasteiger partial charge in [0.25, 0.3) is 0 Å². The summed E-state index contributed by atoms with van der Waals surface area (Å²) in [7, 11) is 0. The minimum absolute atomic E-state index is 0.739. The zero-order valence-electron chi connectivity index (χ0n) is 13.4. The summed E-state index contributed by atoms with van der Waals surface area (Å²) in [6.07, 6.45) is 7.43. The predicted molar refractivity (Wildman–Crippen MR) is 96.8 cm³/mol. The van der Waals surface area contributed by atoms with Crippen molar-refractivity contribution in [1.29, 1.82) is 0 Å². The topological polar surface area (TPSA) is 29.0 Å². The maximum absolute atomic E-state index is 4.81. The van der Waals surface area contributed by atoms with Gasteiger partial charge in [0, 0.05) is 31.4 Å². The van der Waals surface area contributed by atoms with Crippen LogP contribution < -0.4 is 0 Å². The van der Waals surface area contributed by atoms with Gasteiger partial charge in [-0.2, -0.15) is 0 Å². The zero-order chi connectivity index (χ0) is 15.6. The normalized spacial score (nSPS) is 18.7. The molecule has 1 atom stereocenters. The van der Waals surface area contributed by atoms with E-state index in [1.54, 1.807) is 0 Å². The van der Waals surface area contributed by atoms with Crippen molar-refractivity contribution >= 4 is 21.6 Å². The summed E-state index contributed by atoms with van der Waals surface area (Å²) in [5.41, 5.74) is 3.57. The van der Waals surface area contributed by atoms with E-state index in [-0.39, 0.29) is 0 Å². The van der Waals surface area contributed by atoms with E-state index in [1.807, 2.05) is 23.7 Å². The Morgan fingerprint density at radius 2 is 2.04 bits per heavy atom. The van der Waals surface area contributed by atoms with E-state index >= 15 is 0 Å². The Morgan fingerprint density at radius 1 is 1.17 bits per heavy atom. The molecule has 3 heterocycles. The number of hydrogen-bond acceptors (Lipinski definition) is 4. The van der Waals surface area contributed by atoms with Crippen LogP contribution in [-0.4, -0.2) is 34.0 Å². The lowest BCUT2D eigenvalue weighted by Crippen LogP contribution is -2.28. The number of pyridine rings is 1. The first-order valence-electron chi connectivity index (χ1n) is 8.33. The number of likely N-dealkylation sites (tertiary alicyclic amines) is 1. The summed E-state index contributed by atoms with van der Waals surface area (Å²) >= 11 is 1.84. The minimum Gasteiger partial charge on any atom is -0.300 e. The summed E-state index contributed by atoms with van der Waals surface area (Å²) in [6.45, 7) is 4.72. The molecule has 3 aromatic rings. The summed E-state index contributed by atoms with van der Waals surface area (Å²) in [6, 6.07) is 11.4. The number of rotatable bonds is 4. The van der Waals surface area contributed by atoms with Crippen LogP contribution in [0.2, 0.25) is 0 Å². The van der Waals surface area contributed by atoms with Crippen LogP contribution in [0.15, 0.2) is 42.7 Å². The highest BCUT2D eigenvalue weighted by molar-refractivity contribution is 7.18. The third kappa shape index (κ3) is 3.14. The molecule has 0 radical (unpaired) electrons. The molecule has 1 fully saturated rings. The molecule has 1 aliphatic heterocycles. The van der Waals surface area contributed by atoms with Crippen LogP contribution in [0.4, 0.5) is 0 Å². The van der Waals surface area contributed by atoms with Crippen molar-refractivity contribution in [3.63, 3.8) is 0 Å². The van der Waals surface area contributed by atoms with Gasteiger partial charge in [-0.25, -0.2) is 4.98 Å². The monoisotopic (exact) mass is 323 g/mol. The molecule has 0 saturated carbocycles. The van der Waals surface area contributed by atoms with Gasteiger partial charge in [0.15, 0.2) is 0 Å². The van der Waals surface area contributed by atoms with E-state index in [0.717, 1.165) is 24.5 Å². The van der Waals surface area contributed by atoms with Crippen LogP contribution in [0.5, 0.6) is 0 Å². The molecule has 1 aromatic carbocycles. The number of aromatic nitrogens is 2. The maximum Gasteiger partial charge on any atom is 0.0951 e. The molecule has 0 bridgehead atoms. The summed E-state index contributed by atoms with van der Waals surface area (Å²) < 4.78 is 1.28. The minimum atomic E-state index is 0.739. The first-order valence-corrected chi connectivity index (χ1v) is 9.15. The number of nitrogens with zero attached hydrogens (tertiary/aromatic N) is 3. The van der Waals surface area contributed by atoms with Crippen molar-refractivity contribution < 1.29 is 0 Å². The van der Waals surface area contributed by atoms with E-state index in [0.29, 0.717) is 0 Å². The Kier molecular flexibility index (Phi) is 4.10. The van der Waals surface area contributed by atoms with Gasteiger partial charge < -0.3 is 4.90 Å². The molecule has 0 N–H and O–H groups in total. The molecule has 4 rings (SSSR count). The van der Waals surface area contributed by atoms with Crippen molar-refractivity contribution in [2.75, 3.05) is 13.1 Å². The Balaban J connectivity index is 1.54. The molecule has 2 aromatic heterocycles. The molecule has 0 amide bonds. The van der Waals surface area contributed by atoms with Crippen LogP contribution >= 0.6 is 11.3 Å². The fourth-order valence-corrected chi connectivity index (χ4v) is 4.36. The van der Waals surface area contributed by atoms with Crippen molar-refractivity contribution in [2.24, 2.45) is 0 Å². The number of hydrogen-bond donors (Lipinski definition) is 0. The lowest BCUT2D eigenvalue weighted by Gasteiger charge is -2.19. The zero-order valence-corrected chi connectivity index (χ0v) is 14.2. The van der Waals surface area contributed by atoms with Crippen LogP contribution in [0, 0.1) is 0 Å². The lowest BCUT2D eigenvalue weighted by molar-refractivity contribution is 0.272. The molecule has 3 nitrogen and oxygen atoms in total. The van der Waals surface area contributed by atoms with E-state index in [1.165, 1.54) is 40.2 Å². The van der Waals surface area contributed by atoms with Gasteiger partial charge in [-0.1, -0.05) is 6.07 Å².